The summed E-state index contributed by atoms with van der Waals surface area (Å²) >= 11 is 0. The van der Waals surface area contributed by atoms with Gasteiger partial charge in [-0.3, -0.25) is 19.8 Å². The van der Waals surface area contributed by atoms with Crippen molar-refractivity contribution < 1.29 is 14.8 Å². The molecular weight excluding hydrogens is 334 g/mol. The van der Waals surface area contributed by atoms with Crippen LogP contribution in [0.4, 0.5) is 11.4 Å². The van der Waals surface area contributed by atoms with Crippen LogP contribution in [0, 0.1) is 10.1 Å². The zero-order chi connectivity index (χ0) is 18.5. The highest BCUT2D eigenvalue weighted by Crippen LogP contribution is 2.21. The van der Waals surface area contributed by atoms with Crippen LogP contribution >= 0.6 is 0 Å². The third-order valence-corrected chi connectivity index (χ3v) is 4.64. The Morgan fingerprint density at radius 1 is 1.00 bits per heavy atom. The summed E-state index contributed by atoms with van der Waals surface area (Å²) in [4.78, 5) is 27.0. The zero-order valence-electron chi connectivity index (χ0n) is 14.4. The second kappa shape index (κ2) is 7.97. The Bertz CT molecular complexity index is 766. The van der Waals surface area contributed by atoms with E-state index in [0.717, 1.165) is 31.9 Å². The minimum absolute atomic E-state index is 0.0720. The number of phenols is 1. The topological polar surface area (TPSA) is 86.9 Å². The minimum Gasteiger partial charge on any atom is -0.508 e. The smallest absolute Gasteiger partial charge is 0.269 e. The number of hydrogen-bond donors (Lipinski definition) is 1. The average Bonchev–Trinajstić information content (AvgIpc) is 2.67. The Kier molecular flexibility index (Phi) is 5.48. The molecule has 1 aliphatic rings. The van der Waals surface area contributed by atoms with E-state index in [1.165, 1.54) is 24.3 Å². The first-order valence-electron chi connectivity index (χ1n) is 8.57. The largest absolute Gasteiger partial charge is 0.508 e. The molecule has 0 atom stereocenters. The normalized spacial score (nSPS) is 15.0. The van der Waals surface area contributed by atoms with Gasteiger partial charge in [0.1, 0.15) is 5.75 Å². The summed E-state index contributed by atoms with van der Waals surface area (Å²) in [6.07, 6.45) is 0.447. The van der Waals surface area contributed by atoms with Crippen molar-refractivity contribution in [3.63, 3.8) is 0 Å². The molecule has 2 aromatic rings. The van der Waals surface area contributed by atoms with Gasteiger partial charge in [-0.15, -0.1) is 0 Å². The van der Waals surface area contributed by atoms with Gasteiger partial charge < -0.3 is 10.0 Å². The van der Waals surface area contributed by atoms with Gasteiger partial charge in [0, 0.05) is 62.5 Å². The van der Waals surface area contributed by atoms with Crippen LogP contribution in [0.2, 0.25) is 0 Å². The van der Waals surface area contributed by atoms with E-state index in [1.807, 2.05) is 0 Å². The van der Waals surface area contributed by atoms with Crippen molar-refractivity contribution >= 4 is 17.2 Å². The standard InChI is InChI=1S/C19H21N3O4/c23-18-7-1-15(2-8-18)19(24)9-10-20-11-13-21(14-12-20)16-3-5-17(6-4-16)22(25)26/h1-8,23H,9-14H2. The number of non-ortho nitro benzene ring substituents is 1. The van der Waals surface area contributed by atoms with Crippen LogP contribution in [-0.4, -0.2) is 53.4 Å². The number of carbonyl (C=O) groups excluding carboxylic acids is 1. The van der Waals surface area contributed by atoms with Crippen molar-refractivity contribution in [1.29, 1.82) is 0 Å². The van der Waals surface area contributed by atoms with Crippen LogP contribution in [0.15, 0.2) is 48.5 Å². The van der Waals surface area contributed by atoms with E-state index >= 15 is 0 Å². The van der Waals surface area contributed by atoms with E-state index in [2.05, 4.69) is 9.80 Å². The van der Waals surface area contributed by atoms with Crippen molar-refractivity contribution in [3.8, 4) is 5.75 Å². The number of aromatic hydroxyl groups is 1. The zero-order valence-corrected chi connectivity index (χ0v) is 14.4. The van der Waals surface area contributed by atoms with Crippen LogP contribution in [-0.2, 0) is 0 Å². The first-order chi connectivity index (χ1) is 12.5. The Hall–Kier alpha value is -2.93. The number of rotatable bonds is 6. The van der Waals surface area contributed by atoms with E-state index in [-0.39, 0.29) is 17.2 Å². The summed E-state index contributed by atoms with van der Waals surface area (Å²) in [5.41, 5.74) is 1.70. The van der Waals surface area contributed by atoms with Crippen LogP contribution < -0.4 is 4.90 Å². The summed E-state index contributed by atoms with van der Waals surface area (Å²) in [6.45, 7) is 4.05. The van der Waals surface area contributed by atoms with Gasteiger partial charge in [0.2, 0.25) is 0 Å². The molecule has 7 nitrogen and oxygen atoms in total. The van der Waals surface area contributed by atoms with Crippen molar-refractivity contribution in [2.45, 2.75) is 6.42 Å². The molecule has 0 aromatic heterocycles. The summed E-state index contributed by atoms with van der Waals surface area (Å²) in [6, 6.07) is 12.9. The number of piperazine rings is 1. The molecule has 0 aliphatic carbocycles. The van der Waals surface area contributed by atoms with Gasteiger partial charge in [-0.2, -0.15) is 0 Å². The van der Waals surface area contributed by atoms with Crippen LogP contribution in [0.5, 0.6) is 5.75 Å². The Morgan fingerprint density at radius 2 is 1.62 bits per heavy atom. The maximum absolute atomic E-state index is 12.2. The fraction of sp³-hybridized carbons (Fsp3) is 0.316. The summed E-state index contributed by atoms with van der Waals surface area (Å²) in [7, 11) is 0. The monoisotopic (exact) mass is 355 g/mol. The molecule has 1 fully saturated rings. The maximum Gasteiger partial charge on any atom is 0.269 e. The van der Waals surface area contributed by atoms with Gasteiger partial charge in [-0.25, -0.2) is 0 Å². The number of carbonyl (C=O) groups is 1. The summed E-state index contributed by atoms with van der Waals surface area (Å²) < 4.78 is 0. The molecule has 7 heteroatoms. The van der Waals surface area contributed by atoms with Crippen LogP contribution in [0.1, 0.15) is 16.8 Å². The highest BCUT2D eigenvalue weighted by molar-refractivity contribution is 5.96. The lowest BCUT2D eigenvalue weighted by Crippen LogP contribution is -2.46. The lowest BCUT2D eigenvalue weighted by molar-refractivity contribution is -0.384. The highest BCUT2D eigenvalue weighted by Gasteiger charge is 2.18. The summed E-state index contributed by atoms with van der Waals surface area (Å²) in [5, 5.41) is 20.0. The molecule has 2 aromatic carbocycles. The van der Waals surface area contributed by atoms with E-state index in [1.54, 1.807) is 24.3 Å². The third kappa shape index (κ3) is 4.37. The van der Waals surface area contributed by atoms with E-state index in [4.69, 9.17) is 0 Å². The van der Waals surface area contributed by atoms with Crippen LogP contribution in [0.25, 0.3) is 0 Å². The molecule has 0 saturated carbocycles. The Balaban J connectivity index is 1.47. The average molecular weight is 355 g/mol. The number of ketones is 1. The van der Waals surface area contributed by atoms with Crippen molar-refractivity contribution in [2.24, 2.45) is 0 Å². The molecule has 0 radical (unpaired) electrons. The number of phenolic OH excluding ortho intramolecular Hbond substituents is 1. The quantitative estimate of drug-likeness (QED) is 0.487. The number of anilines is 1. The molecule has 0 bridgehead atoms. The van der Waals surface area contributed by atoms with Gasteiger partial charge in [-0.1, -0.05) is 0 Å². The number of Topliss-reactive ketones (excluding diaryl/α,β-unsaturated/α-hetero) is 1. The number of nitro benzene ring substituents is 1. The molecular formula is C19H21N3O4. The number of nitro groups is 1. The molecule has 1 N–H and O–H groups in total. The number of nitrogens with zero attached hydrogens (tertiary/aromatic N) is 3. The van der Waals surface area contributed by atoms with E-state index < -0.39 is 4.92 Å². The first kappa shape index (κ1) is 17.9. The Morgan fingerprint density at radius 3 is 2.19 bits per heavy atom. The second-order valence-corrected chi connectivity index (χ2v) is 6.32. The fourth-order valence-electron chi connectivity index (χ4n) is 3.07. The van der Waals surface area contributed by atoms with Crippen molar-refractivity contribution in [1.82, 2.24) is 4.90 Å². The molecule has 1 heterocycles. The molecule has 26 heavy (non-hydrogen) atoms. The first-order valence-corrected chi connectivity index (χ1v) is 8.57. The van der Waals surface area contributed by atoms with Gasteiger partial charge in [0.25, 0.3) is 5.69 Å². The number of benzene rings is 2. The molecule has 3 rings (SSSR count). The molecule has 136 valence electrons. The molecule has 0 amide bonds. The SMILES string of the molecule is O=C(CCN1CCN(c2ccc([N+](=O)[O-])cc2)CC1)c1ccc(O)cc1. The fourth-order valence-corrected chi connectivity index (χ4v) is 3.07. The predicted molar refractivity (Wildman–Crippen MR) is 98.8 cm³/mol. The van der Waals surface area contributed by atoms with Gasteiger partial charge in [0.05, 0.1) is 4.92 Å². The minimum atomic E-state index is -0.396. The van der Waals surface area contributed by atoms with Gasteiger partial charge in [-0.05, 0) is 36.4 Å². The number of hydrogen-bond acceptors (Lipinski definition) is 6. The highest BCUT2D eigenvalue weighted by atomic mass is 16.6. The lowest BCUT2D eigenvalue weighted by Gasteiger charge is -2.36. The van der Waals surface area contributed by atoms with E-state index in [0.29, 0.717) is 18.5 Å². The lowest BCUT2D eigenvalue weighted by atomic mass is 10.1. The third-order valence-electron chi connectivity index (χ3n) is 4.64. The van der Waals surface area contributed by atoms with Gasteiger partial charge in [0.15, 0.2) is 5.78 Å². The Labute approximate surface area is 151 Å². The van der Waals surface area contributed by atoms with Crippen molar-refractivity contribution in [2.75, 3.05) is 37.6 Å². The second-order valence-electron chi connectivity index (χ2n) is 6.32. The summed E-state index contributed by atoms with van der Waals surface area (Å²) in [5.74, 6) is 0.228. The van der Waals surface area contributed by atoms with Crippen molar-refractivity contribution in [3.05, 3.63) is 64.2 Å². The van der Waals surface area contributed by atoms with E-state index in [9.17, 15) is 20.0 Å². The van der Waals surface area contributed by atoms with Crippen LogP contribution in [0.3, 0.4) is 0 Å². The molecule has 1 aliphatic heterocycles. The van der Waals surface area contributed by atoms with Gasteiger partial charge >= 0.3 is 0 Å². The maximum atomic E-state index is 12.2. The molecule has 0 spiro atoms. The predicted octanol–water partition coefficient (Wildman–Crippen LogP) is 2.70. The molecule has 1 saturated heterocycles. The molecule has 0 unspecified atom stereocenters.